The Morgan fingerprint density at radius 1 is 1.50 bits per heavy atom. The van der Waals surface area contributed by atoms with Gasteiger partial charge < -0.3 is 19.2 Å². The first-order valence-corrected chi connectivity index (χ1v) is 5.23. The average molecular weight is 248 g/mol. The van der Waals surface area contributed by atoms with Crippen molar-refractivity contribution in [1.29, 1.82) is 0 Å². The zero-order valence-electron chi connectivity index (χ0n) is 9.16. The van der Waals surface area contributed by atoms with Crippen molar-refractivity contribution in [2.24, 2.45) is 0 Å². The van der Waals surface area contributed by atoms with E-state index in [1.165, 1.54) is 14.2 Å². The number of furan rings is 1. The van der Waals surface area contributed by atoms with Crippen molar-refractivity contribution in [3.63, 3.8) is 0 Å². The molecule has 16 heavy (non-hydrogen) atoms. The molecule has 1 rings (SSSR count). The lowest BCUT2D eigenvalue weighted by Gasteiger charge is -2.13. The number of carbonyl (C=O) groups is 1. The highest BCUT2D eigenvalue weighted by Crippen LogP contribution is 2.09. The molecule has 90 valence electrons. The monoisotopic (exact) mass is 247 g/mol. The fourth-order valence-electron chi connectivity index (χ4n) is 1.10. The molecule has 0 aliphatic heterocycles. The molecule has 0 unspecified atom stereocenters. The number of hydrogen-bond acceptors (Lipinski definition) is 4. The lowest BCUT2D eigenvalue weighted by atomic mass is 10.4. The van der Waals surface area contributed by atoms with Crippen LogP contribution in [0.15, 0.2) is 16.5 Å². The number of methoxy groups -OCH3 is 2. The minimum absolute atomic E-state index is 0.224. The lowest BCUT2D eigenvalue weighted by Crippen LogP contribution is -2.33. The van der Waals surface area contributed by atoms with Crippen molar-refractivity contribution in [2.45, 2.75) is 12.2 Å². The quantitative estimate of drug-likeness (QED) is 0.609. The molecule has 1 heterocycles. The molecule has 0 bridgehead atoms. The second kappa shape index (κ2) is 6.52. The Kier molecular flexibility index (Phi) is 5.31. The van der Waals surface area contributed by atoms with Crippen LogP contribution in [-0.4, -0.2) is 33.0 Å². The summed E-state index contributed by atoms with van der Waals surface area (Å²) in [5, 5.41) is 2.61. The summed E-state index contributed by atoms with van der Waals surface area (Å²) < 4.78 is 15.0. The second-order valence-corrected chi connectivity index (χ2v) is 3.28. The Morgan fingerprint density at radius 2 is 2.19 bits per heavy atom. The van der Waals surface area contributed by atoms with Crippen molar-refractivity contribution in [2.75, 3.05) is 20.8 Å². The van der Waals surface area contributed by atoms with Crippen molar-refractivity contribution in [1.82, 2.24) is 5.32 Å². The molecule has 0 atom stereocenters. The van der Waals surface area contributed by atoms with Gasteiger partial charge in [0.25, 0.3) is 5.91 Å². The molecule has 1 amide bonds. The molecule has 0 radical (unpaired) electrons. The Hall–Kier alpha value is -1.04. The number of alkyl halides is 1. The molecule has 0 spiro atoms. The molecular formula is C10H14ClNO4. The van der Waals surface area contributed by atoms with Gasteiger partial charge in [0.1, 0.15) is 5.76 Å². The van der Waals surface area contributed by atoms with Gasteiger partial charge in [-0.2, -0.15) is 0 Å². The van der Waals surface area contributed by atoms with E-state index in [4.69, 9.17) is 25.5 Å². The molecule has 6 heteroatoms. The van der Waals surface area contributed by atoms with Gasteiger partial charge in [-0.1, -0.05) is 0 Å². The van der Waals surface area contributed by atoms with Crippen LogP contribution in [0.25, 0.3) is 0 Å². The van der Waals surface area contributed by atoms with Gasteiger partial charge in [-0.3, -0.25) is 4.79 Å². The Bertz CT molecular complexity index is 335. The van der Waals surface area contributed by atoms with E-state index in [1.807, 2.05) is 0 Å². The average Bonchev–Trinajstić information content (AvgIpc) is 2.78. The molecule has 1 aromatic rings. The minimum Gasteiger partial charge on any atom is -0.455 e. The van der Waals surface area contributed by atoms with E-state index < -0.39 is 6.29 Å². The van der Waals surface area contributed by atoms with Gasteiger partial charge in [0.15, 0.2) is 12.1 Å². The van der Waals surface area contributed by atoms with Crippen LogP contribution in [0.1, 0.15) is 16.3 Å². The Morgan fingerprint density at radius 3 is 2.69 bits per heavy atom. The summed E-state index contributed by atoms with van der Waals surface area (Å²) in [6.45, 7) is 0.253. The van der Waals surface area contributed by atoms with Crippen molar-refractivity contribution < 1.29 is 18.7 Å². The van der Waals surface area contributed by atoms with Gasteiger partial charge in [-0.15, -0.1) is 11.6 Å². The first-order chi connectivity index (χ1) is 7.71. The van der Waals surface area contributed by atoms with Crippen LogP contribution in [0.4, 0.5) is 0 Å². The standard InChI is InChI=1S/C10H14ClNO4/c1-14-9(15-2)6-12-10(13)8-4-3-7(5-11)16-8/h3-4,9H,5-6H2,1-2H3,(H,12,13). The van der Waals surface area contributed by atoms with E-state index in [-0.39, 0.29) is 24.1 Å². The normalized spacial score (nSPS) is 10.8. The number of carbonyl (C=O) groups excluding carboxylic acids is 1. The van der Waals surface area contributed by atoms with Crippen molar-refractivity contribution in [3.05, 3.63) is 23.7 Å². The zero-order chi connectivity index (χ0) is 12.0. The lowest BCUT2D eigenvalue weighted by molar-refractivity contribution is -0.0975. The molecular weight excluding hydrogens is 234 g/mol. The van der Waals surface area contributed by atoms with E-state index >= 15 is 0 Å². The summed E-state index contributed by atoms with van der Waals surface area (Å²) in [5.74, 6) is 0.699. The summed E-state index contributed by atoms with van der Waals surface area (Å²) in [7, 11) is 3.00. The predicted molar refractivity (Wildman–Crippen MR) is 58.4 cm³/mol. The zero-order valence-corrected chi connectivity index (χ0v) is 9.91. The maximum absolute atomic E-state index is 11.6. The second-order valence-electron chi connectivity index (χ2n) is 3.01. The van der Waals surface area contributed by atoms with Gasteiger partial charge in [0.05, 0.1) is 12.4 Å². The summed E-state index contributed by atoms with van der Waals surface area (Å²) in [6.07, 6.45) is -0.466. The number of ether oxygens (including phenoxy) is 2. The van der Waals surface area contributed by atoms with Crippen LogP contribution >= 0.6 is 11.6 Å². The molecule has 0 saturated heterocycles. The van der Waals surface area contributed by atoms with Crippen molar-refractivity contribution >= 4 is 17.5 Å². The third kappa shape index (κ3) is 3.52. The highest BCUT2D eigenvalue weighted by atomic mass is 35.5. The smallest absolute Gasteiger partial charge is 0.287 e. The number of amides is 1. The highest BCUT2D eigenvalue weighted by molar-refractivity contribution is 6.16. The van der Waals surface area contributed by atoms with Gasteiger partial charge in [-0.05, 0) is 12.1 Å². The summed E-state index contributed by atoms with van der Waals surface area (Å²) in [4.78, 5) is 11.6. The van der Waals surface area contributed by atoms with Crippen molar-refractivity contribution in [3.8, 4) is 0 Å². The molecule has 0 aliphatic rings. The highest BCUT2D eigenvalue weighted by Gasteiger charge is 2.13. The van der Waals surface area contributed by atoms with E-state index in [1.54, 1.807) is 12.1 Å². The summed E-state index contributed by atoms with van der Waals surface area (Å²) >= 11 is 5.55. The van der Waals surface area contributed by atoms with Crippen LogP contribution in [-0.2, 0) is 15.4 Å². The van der Waals surface area contributed by atoms with Gasteiger partial charge >= 0.3 is 0 Å². The third-order valence-corrected chi connectivity index (χ3v) is 2.24. The SMILES string of the molecule is COC(CNC(=O)c1ccc(CCl)o1)OC. The number of rotatable bonds is 6. The van der Waals surface area contributed by atoms with Crippen LogP contribution < -0.4 is 5.32 Å². The summed E-state index contributed by atoms with van der Waals surface area (Å²) in [6, 6.07) is 3.23. The minimum atomic E-state index is -0.466. The molecule has 1 aromatic heterocycles. The molecule has 0 aliphatic carbocycles. The van der Waals surface area contributed by atoms with Gasteiger partial charge in [0, 0.05) is 14.2 Å². The fraction of sp³-hybridized carbons (Fsp3) is 0.500. The van der Waals surface area contributed by atoms with Crippen LogP contribution in [0.5, 0.6) is 0 Å². The maximum atomic E-state index is 11.6. The van der Waals surface area contributed by atoms with Crippen LogP contribution in [0.2, 0.25) is 0 Å². The topological polar surface area (TPSA) is 60.7 Å². The van der Waals surface area contributed by atoms with E-state index in [9.17, 15) is 4.79 Å². The van der Waals surface area contributed by atoms with E-state index in [0.29, 0.717) is 5.76 Å². The first-order valence-electron chi connectivity index (χ1n) is 4.69. The largest absolute Gasteiger partial charge is 0.455 e. The number of halogens is 1. The third-order valence-electron chi connectivity index (χ3n) is 1.97. The van der Waals surface area contributed by atoms with Gasteiger partial charge in [-0.25, -0.2) is 0 Å². The number of hydrogen-bond donors (Lipinski definition) is 1. The molecule has 0 aromatic carbocycles. The molecule has 0 saturated carbocycles. The van der Waals surface area contributed by atoms with Gasteiger partial charge in [0.2, 0.25) is 0 Å². The first kappa shape index (κ1) is 13.0. The Labute approximate surface area is 98.7 Å². The molecule has 0 fully saturated rings. The van der Waals surface area contributed by atoms with E-state index in [2.05, 4.69) is 5.32 Å². The van der Waals surface area contributed by atoms with Crippen LogP contribution in [0.3, 0.4) is 0 Å². The maximum Gasteiger partial charge on any atom is 0.287 e. The number of nitrogens with one attached hydrogen (secondary N) is 1. The predicted octanol–water partition coefficient (Wildman–Crippen LogP) is 1.37. The molecule has 1 N–H and O–H groups in total. The fourth-order valence-corrected chi connectivity index (χ4v) is 1.24. The van der Waals surface area contributed by atoms with E-state index in [0.717, 1.165) is 0 Å². The van der Waals surface area contributed by atoms with Crippen LogP contribution in [0, 0.1) is 0 Å². The Balaban J connectivity index is 2.46. The summed E-state index contributed by atoms with van der Waals surface area (Å²) in [5.41, 5.74) is 0. The molecule has 5 nitrogen and oxygen atoms in total.